The number of aliphatic hydroxyl groups is 1. The van der Waals surface area contributed by atoms with Crippen LogP contribution in [-0.2, 0) is 4.79 Å². The van der Waals surface area contributed by atoms with Crippen molar-refractivity contribution in [3.05, 3.63) is 34.9 Å². The maximum absolute atomic E-state index is 13.4. The maximum Gasteiger partial charge on any atom is 0.233 e. The van der Waals surface area contributed by atoms with Gasteiger partial charge in [0.05, 0.1) is 11.5 Å². The topological polar surface area (TPSA) is 52.6 Å². The molecule has 1 saturated carbocycles. The summed E-state index contributed by atoms with van der Waals surface area (Å²) in [7, 11) is 0. The summed E-state index contributed by atoms with van der Waals surface area (Å²) in [5.41, 5.74) is -0.128. The summed E-state index contributed by atoms with van der Waals surface area (Å²) in [5, 5.41) is 15.3. The van der Waals surface area contributed by atoms with Crippen LogP contribution in [0.25, 0.3) is 0 Å². The fourth-order valence-corrected chi connectivity index (χ4v) is 4.34. The minimum Gasteiger partial charge on any atom is -0.389 e. The van der Waals surface area contributed by atoms with Crippen molar-refractivity contribution in [2.45, 2.75) is 56.6 Å². The Balaban J connectivity index is 1.93. The van der Waals surface area contributed by atoms with E-state index in [-0.39, 0.29) is 11.9 Å². The molecule has 24 heavy (non-hydrogen) atoms. The number of nitrogens with zero attached hydrogens (tertiary/aromatic N) is 1. The summed E-state index contributed by atoms with van der Waals surface area (Å²) in [6.45, 7) is 4.26. The first-order chi connectivity index (χ1) is 11.5. The van der Waals surface area contributed by atoms with Crippen molar-refractivity contribution < 1.29 is 9.90 Å². The van der Waals surface area contributed by atoms with Crippen LogP contribution in [0, 0.1) is 0 Å². The van der Waals surface area contributed by atoms with Gasteiger partial charge in [-0.15, -0.1) is 0 Å². The molecule has 0 spiro atoms. The highest BCUT2D eigenvalue weighted by Crippen LogP contribution is 2.41. The van der Waals surface area contributed by atoms with Gasteiger partial charge in [0.1, 0.15) is 0 Å². The van der Waals surface area contributed by atoms with Crippen LogP contribution in [0.5, 0.6) is 0 Å². The standard InChI is InChI=1S/C19H27ClN2O2/c1-14-13-22(11-10-21-14)18(23)17(15-6-5-7-16(20)12-15)19(24)8-3-2-4-9-19/h5-7,12,14,17,21,24H,2-4,8-11,13H2,1H3/t14-,17?/m0/s1. The first-order valence-electron chi connectivity index (χ1n) is 9.00. The van der Waals surface area contributed by atoms with Gasteiger partial charge in [0.25, 0.3) is 0 Å². The Hall–Kier alpha value is -1.10. The van der Waals surface area contributed by atoms with E-state index < -0.39 is 11.5 Å². The first kappa shape index (κ1) is 17.7. The minimum atomic E-state index is -0.964. The summed E-state index contributed by atoms with van der Waals surface area (Å²) < 4.78 is 0. The molecular formula is C19H27ClN2O2. The number of carbonyl (C=O) groups excluding carboxylic acids is 1. The van der Waals surface area contributed by atoms with E-state index in [1.165, 1.54) is 0 Å². The SMILES string of the molecule is C[C@H]1CN(C(=O)C(c2cccc(Cl)c2)C2(O)CCCCC2)CCN1. The Labute approximate surface area is 149 Å². The van der Waals surface area contributed by atoms with E-state index in [1.54, 1.807) is 0 Å². The van der Waals surface area contributed by atoms with Crippen molar-refractivity contribution >= 4 is 17.5 Å². The molecule has 1 heterocycles. The lowest BCUT2D eigenvalue weighted by atomic mass is 9.72. The van der Waals surface area contributed by atoms with Gasteiger partial charge in [-0.05, 0) is 37.5 Å². The highest BCUT2D eigenvalue weighted by molar-refractivity contribution is 6.30. The molecular weight excluding hydrogens is 324 g/mol. The molecule has 0 radical (unpaired) electrons. The summed E-state index contributed by atoms with van der Waals surface area (Å²) in [5.74, 6) is -0.489. The van der Waals surface area contributed by atoms with Crippen LogP contribution in [0.15, 0.2) is 24.3 Å². The summed E-state index contributed by atoms with van der Waals surface area (Å²) in [4.78, 5) is 15.3. The zero-order valence-corrected chi connectivity index (χ0v) is 15.1. The number of piperazine rings is 1. The van der Waals surface area contributed by atoms with Gasteiger partial charge in [0.15, 0.2) is 0 Å². The Morgan fingerprint density at radius 1 is 1.38 bits per heavy atom. The molecule has 2 aliphatic rings. The van der Waals surface area contributed by atoms with E-state index in [0.717, 1.165) is 31.4 Å². The molecule has 4 nitrogen and oxygen atoms in total. The zero-order chi connectivity index (χ0) is 17.2. The number of hydrogen-bond donors (Lipinski definition) is 2. The zero-order valence-electron chi connectivity index (χ0n) is 14.3. The van der Waals surface area contributed by atoms with Gasteiger partial charge in [-0.1, -0.05) is 43.0 Å². The van der Waals surface area contributed by atoms with Crippen molar-refractivity contribution in [1.82, 2.24) is 10.2 Å². The molecule has 2 atom stereocenters. The molecule has 2 N–H and O–H groups in total. The maximum atomic E-state index is 13.4. The lowest BCUT2D eigenvalue weighted by Crippen LogP contribution is -2.55. The molecule has 132 valence electrons. The van der Waals surface area contributed by atoms with Crippen LogP contribution >= 0.6 is 11.6 Å². The molecule has 1 aliphatic heterocycles. The average molecular weight is 351 g/mol. The normalized spacial score (nSPS) is 25.3. The third kappa shape index (κ3) is 3.76. The smallest absolute Gasteiger partial charge is 0.233 e. The lowest BCUT2D eigenvalue weighted by Gasteiger charge is -2.42. The van der Waals surface area contributed by atoms with Crippen LogP contribution in [-0.4, -0.2) is 47.2 Å². The fourth-order valence-electron chi connectivity index (χ4n) is 4.14. The third-order valence-corrected chi connectivity index (χ3v) is 5.60. The predicted molar refractivity (Wildman–Crippen MR) is 96.3 cm³/mol. The van der Waals surface area contributed by atoms with Gasteiger partial charge in [0.2, 0.25) is 5.91 Å². The van der Waals surface area contributed by atoms with Crippen molar-refractivity contribution in [2.24, 2.45) is 0 Å². The third-order valence-electron chi connectivity index (χ3n) is 5.37. The van der Waals surface area contributed by atoms with Crippen LogP contribution < -0.4 is 5.32 Å². The predicted octanol–water partition coefficient (Wildman–Crippen LogP) is 2.94. The molecule has 1 saturated heterocycles. The molecule has 1 unspecified atom stereocenters. The van der Waals surface area contributed by atoms with Crippen LogP contribution in [0.2, 0.25) is 5.02 Å². The monoisotopic (exact) mass is 350 g/mol. The van der Waals surface area contributed by atoms with E-state index in [9.17, 15) is 9.90 Å². The summed E-state index contributed by atoms with van der Waals surface area (Å²) in [6.07, 6.45) is 4.43. The fraction of sp³-hybridized carbons (Fsp3) is 0.632. The molecule has 3 rings (SSSR count). The van der Waals surface area contributed by atoms with Crippen molar-refractivity contribution in [2.75, 3.05) is 19.6 Å². The van der Waals surface area contributed by atoms with Gasteiger partial charge in [-0.2, -0.15) is 0 Å². The van der Waals surface area contributed by atoms with E-state index in [4.69, 9.17) is 11.6 Å². The van der Waals surface area contributed by atoms with Crippen LogP contribution in [0.3, 0.4) is 0 Å². The second-order valence-corrected chi connectivity index (χ2v) is 7.73. The van der Waals surface area contributed by atoms with Gasteiger partial charge in [-0.3, -0.25) is 4.79 Å². The second-order valence-electron chi connectivity index (χ2n) is 7.29. The Bertz CT molecular complexity index is 586. The number of halogens is 1. The van der Waals surface area contributed by atoms with Gasteiger partial charge in [0, 0.05) is 30.7 Å². The largest absolute Gasteiger partial charge is 0.389 e. The molecule has 1 aliphatic carbocycles. The number of nitrogens with one attached hydrogen (secondary N) is 1. The Morgan fingerprint density at radius 3 is 2.79 bits per heavy atom. The minimum absolute atomic E-state index is 0.0371. The number of carbonyl (C=O) groups is 1. The number of benzene rings is 1. The van der Waals surface area contributed by atoms with Gasteiger partial charge >= 0.3 is 0 Å². The van der Waals surface area contributed by atoms with Gasteiger partial charge < -0.3 is 15.3 Å². The number of rotatable bonds is 3. The highest BCUT2D eigenvalue weighted by atomic mass is 35.5. The molecule has 1 amide bonds. The molecule has 1 aromatic carbocycles. The average Bonchev–Trinajstić information content (AvgIpc) is 2.55. The quantitative estimate of drug-likeness (QED) is 0.881. The van der Waals surface area contributed by atoms with E-state index in [0.29, 0.717) is 31.0 Å². The first-order valence-corrected chi connectivity index (χ1v) is 9.37. The van der Waals surface area contributed by atoms with E-state index >= 15 is 0 Å². The number of hydrogen-bond acceptors (Lipinski definition) is 3. The number of amides is 1. The van der Waals surface area contributed by atoms with Crippen molar-refractivity contribution in [3.63, 3.8) is 0 Å². The Kier molecular flexibility index (Phi) is 5.48. The second kappa shape index (κ2) is 7.42. The summed E-state index contributed by atoms with van der Waals surface area (Å²) >= 11 is 6.17. The molecule has 2 fully saturated rings. The Morgan fingerprint density at radius 2 is 2.12 bits per heavy atom. The summed E-state index contributed by atoms with van der Waals surface area (Å²) in [6, 6.07) is 7.72. The molecule has 0 bridgehead atoms. The molecule has 1 aromatic rings. The van der Waals surface area contributed by atoms with Crippen LogP contribution in [0.1, 0.15) is 50.5 Å². The van der Waals surface area contributed by atoms with E-state index in [1.807, 2.05) is 29.2 Å². The van der Waals surface area contributed by atoms with Crippen molar-refractivity contribution in [3.8, 4) is 0 Å². The van der Waals surface area contributed by atoms with Crippen LogP contribution in [0.4, 0.5) is 0 Å². The lowest BCUT2D eigenvalue weighted by molar-refractivity contribution is -0.142. The molecule has 5 heteroatoms. The van der Waals surface area contributed by atoms with Crippen molar-refractivity contribution in [1.29, 1.82) is 0 Å². The highest BCUT2D eigenvalue weighted by Gasteiger charge is 2.45. The molecule has 0 aromatic heterocycles. The van der Waals surface area contributed by atoms with Gasteiger partial charge in [-0.25, -0.2) is 0 Å². The van der Waals surface area contributed by atoms with E-state index in [2.05, 4.69) is 12.2 Å².